The molecule has 0 atom stereocenters. The summed E-state index contributed by atoms with van der Waals surface area (Å²) in [5.41, 5.74) is 5.10. The van der Waals surface area contributed by atoms with Crippen LogP contribution in [0.3, 0.4) is 0 Å². The molecule has 1 aromatic heterocycles. The molecule has 5 nitrogen and oxygen atoms in total. The molecule has 0 saturated heterocycles. The Morgan fingerprint density at radius 2 is 1.57 bits per heavy atom. The van der Waals surface area contributed by atoms with Crippen molar-refractivity contribution in [3.8, 4) is 5.69 Å². The first-order valence-corrected chi connectivity index (χ1v) is 10.0. The lowest BCUT2D eigenvalue weighted by Gasteiger charge is -2.08. The maximum absolute atomic E-state index is 12.8. The summed E-state index contributed by atoms with van der Waals surface area (Å²) in [7, 11) is 0. The van der Waals surface area contributed by atoms with Crippen LogP contribution in [0, 0.1) is 13.8 Å². The maximum atomic E-state index is 12.8. The molecule has 0 spiro atoms. The molecule has 1 amide bonds. The van der Waals surface area contributed by atoms with E-state index in [0.717, 1.165) is 34.7 Å². The predicted molar refractivity (Wildman–Crippen MR) is 119 cm³/mol. The summed E-state index contributed by atoms with van der Waals surface area (Å²) >= 11 is 0. The van der Waals surface area contributed by atoms with E-state index >= 15 is 0 Å². The first kappa shape index (κ1) is 19.6. The molecule has 0 aliphatic rings. The van der Waals surface area contributed by atoms with E-state index in [4.69, 9.17) is 0 Å². The predicted octanol–water partition coefficient (Wildman–Crippen LogP) is 4.92. The zero-order valence-corrected chi connectivity index (χ0v) is 17.2. The first-order chi connectivity index (χ1) is 14.6. The average molecular weight is 396 g/mol. The Kier molecular flexibility index (Phi) is 5.70. The van der Waals surface area contributed by atoms with Gasteiger partial charge >= 0.3 is 0 Å². The van der Waals surface area contributed by atoms with Gasteiger partial charge in [-0.2, -0.15) is 0 Å². The second-order valence-electron chi connectivity index (χ2n) is 7.36. The molecule has 0 radical (unpaired) electrons. The molecule has 0 saturated carbocycles. The third kappa shape index (κ3) is 4.46. The number of hydrogen-bond donors (Lipinski definition) is 1. The van der Waals surface area contributed by atoms with Crippen LogP contribution in [0.2, 0.25) is 0 Å². The van der Waals surface area contributed by atoms with E-state index in [9.17, 15) is 4.79 Å². The van der Waals surface area contributed by atoms with Crippen LogP contribution in [-0.4, -0.2) is 20.7 Å². The number of anilines is 1. The molecule has 1 heterocycles. The van der Waals surface area contributed by atoms with Crippen molar-refractivity contribution in [3.05, 3.63) is 107 Å². The molecule has 0 unspecified atom stereocenters. The first-order valence-electron chi connectivity index (χ1n) is 10.0. The lowest BCUT2D eigenvalue weighted by atomic mass is 10.1. The van der Waals surface area contributed by atoms with Crippen LogP contribution in [0.15, 0.2) is 78.9 Å². The molecule has 4 aromatic rings. The minimum atomic E-state index is -0.313. The monoisotopic (exact) mass is 396 g/mol. The number of amides is 1. The summed E-state index contributed by atoms with van der Waals surface area (Å²) in [4.78, 5) is 17.4. The Hall–Kier alpha value is -3.73. The molecule has 1 N–H and O–H groups in total. The smallest absolute Gasteiger partial charge is 0.295 e. The number of nitrogens with zero attached hydrogens (tertiary/aromatic N) is 3. The van der Waals surface area contributed by atoms with Gasteiger partial charge in [-0.25, -0.2) is 9.67 Å². The van der Waals surface area contributed by atoms with Gasteiger partial charge in [0.25, 0.3) is 5.91 Å². The van der Waals surface area contributed by atoms with E-state index in [1.807, 2.05) is 80.6 Å². The van der Waals surface area contributed by atoms with E-state index in [-0.39, 0.29) is 11.7 Å². The molecule has 0 bridgehead atoms. The fraction of sp³-hybridized carbons (Fsp3) is 0.160. The second kappa shape index (κ2) is 8.74. The second-order valence-corrected chi connectivity index (χ2v) is 7.36. The van der Waals surface area contributed by atoms with Gasteiger partial charge in [-0.3, -0.25) is 4.79 Å². The van der Waals surface area contributed by atoms with Gasteiger partial charge in [-0.15, -0.1) is 5.10 Å². The molecule has 150 valence electrons. The highest BCUT2D eigenvalue weighted by Gasteiger charge is 2.18. The number of benzene rings is 3. The standard InChI is InChI=1S/C25H24N4O/c1-18-12-15-21(16-13-18)26-25(30)24-27-23(17-14-20-9-4-3-5-10-20)29(28-24)22-11-7-6-8-19(22)2/h3-13,15-16H,14,17H2,1-2H3,(H,26,30). The van der Waals surface area contributed by atoms with Gasteiger partial charge in [0.15, 0.2) is 0 Å². The third-order valence-corrected chi connectivity index (χ3v) is 5.01. The van der Waals surface area contributed by atoms with Crippen molar-refractivity contribution in [2.75, 3.05) is 5.32 Å². The number of carbonyl (C=O) groups excluding carboxylic acids is 1. The maximum Gasteiger partial charge on any atom is 0.295 e. The van der Waals surface area contributed by atoms with Crippen LogP contribution in [0.4, 0.5) is 5.69 Å². The minimum absolute atomic E-state index is 0.168. The third-order valence-electron chi connectivity index (χ3n) is 5.01. The van der Waals surface area contributed by atoms with Crippen LogP contribution in [-0.2, 0) is 12.8 Å². The number of aromatic nitrogens is 3. The number of aryl methyl sites for hydroxylation is 4. The van der Waals surface area contributed by atoms with Gasteiger partial charge in [0.2, 0.25) is 5.82 Å². The van der Waals surface area contributed by atoms with E-state index in [1.165, 1.54) is 5.56 Å². The van der Waals surface area contributed by atoms with Crippen LogP contribution >= 0.6 is 0 Å². The lowest BCUT2D eigenvalue weighted by molar-refractivity contribution is 0.101. The van der Waals surface area contributed by atoms with Gasteiger partial charge in [-0.1, -0.05) is 66.2 Å². The Bertz CT molecular complexity index is 1150. The minimum Gasteiger partial charge on any atom is -0.319 e. The molecule has 3 aromatic carbocycles. The largest absolute Gasteiger partial charge is 0.319 e. The van der Waals surface area contributed by atoms with Gasteiger partial charge < -0.3 is 5.32 Å². The number of rotatable bonds is 6. The fourth-order valence-electron chi connectivity index (χ4n) is 3.32. The van der Waals surface area contributed by atoms with Crippen LogP contribution in [0.5, 0.6) is 0 Å². The van der Waals surface area contributed by atoms with Gasteiger partial charge in [-0.05, 0) is 49.6 Å². The molecule has 4 rings (SSSR count). The van der Waals surface area contributed by atoms with E-state index in [2.05, 4.69) is 27.5 Å². The topological polar surface area (TPSA) is 59.8 Å². The Morgan fingerprint density at radius 3 is 2.30 bits per heavy atom. The number of carbonyl (C=O) groups is 1. The Balaban J connectivity index is 1.63. The average Bonchev–Trinajstić information content (AvgIpc) is 3.19. The quantitative estimate of drug-likeness (QED) is 0.503. The van der Waals surface area contributed by atoms with Gasteiger partial charge in [0.1, 0.15) is 5.82 Å². The molecule has 5 heteroatoms. The summed E-state index contributed by atoms with van der Waals surface area (Å²) in [5, 5.41) is 7.45. The highest BCUT2D eigenvalue weighted by Crippen LogP contribution is 2.17. The molecular weight excluding hydrogens is 372 g/mol. The molecular formula is C25H24N4O. The van der Waals surface area contributed by atoms with Crippen molar-refractivity contribution >= 4 is 11.6 Å². The summed E-state index contributed by atoms with van der Waals surface area (Å²) < 4.78 is 1.79. The van der Waals surface area contributed by atoms with Crippen molar-refractivity contribution < 1.29 is 4.79 Å². The number of para-hydroxylation sites is 1. The van der Waals surface area contributed by atoms with Crippen molar-refractivity contribution in [1.29, 1.82) is 0 Å². The molecule has 0 aliphatic heterocycles. The Labute approximate surface area is 176 Å². The van der Waals surface area contributed by atoms with Crippen molar-refractivity contribution in [1.82, 2.24) is 14.8 Å². The van der Waals surface area contributed by atoms with Gasteiger partial charge in [0, 0.05) is 12.1 Å². The van der Waals surface area contributed by atoms with Crippen molar-refractivity contribution in [2.24, 2.45) is 0 Å². The lowest BCUT2D eigenvalue weighted by Crippen LogP contribution is -2.14. The van der Waals surface area contributed by atoms with Crippen LogP contribution < -0.4 is 5.32 Å². The van der Waals surface area contributed by atoms with E-state index < -0.39 is 0 Å². The normalized spacial score (nSPS) is 10.7. The van der Waals surface area contributed by atoms with E-state index in [0.29, 0.717) is 6.42 Å². The number of hydrogen-bond acceptors (Lipinski definition) is 3. The van der Waals surface area contributed by atoms with E-state index in [1.54, 1.807) is 4.68 Å². The highest BCUT2D eigenvalue weighted by molar-refractivity contribution is 6.01. The fourth-order valence-corrected chi connectivity index (χ4v) is 3.32. The van der Waals surface area contributed by atoms with Crippen molar-refractivity contribution in [3.63, 3.8) is 0 Å². The summed E-state index contributed by atoms with van der Waals surface area (Å²) in [6.45, 7) is 4.04. The summed E-state index contributed by atoms with van der Waals surface area (Å²) in [6.07, 6.45) is 1.51. The van der Waals surface area contributed by atoms with Crippen molar-refractivity contribution in [2.45, 2.75) is 26.7 Å². The Morgan fingerprint density at radius 1 is 0.867 bits per heavy atom. The highest BCUT2D eigenvalue weighted by atomic mass is 16.2. The van der Waals surface area contributed by atoms with Crippen LogP contribution in [0.1, 0.15) is 33.1 Å². The molecule has 30 heavy (non-hydrogen) atoms. The molecule has 0 fully saturated rings. The number of nitrogens with one attached hydrogen (secondary N) is 1. The SMILES string of the molecule is Cc1ccc(NC(=O)c2nc(CCc3ccccc3)n(-c3ccccc3C)n2)cc1. The summed E-state index contributed by atoms with van der Waals surface area (Å²) in [5.74, 6) is 0.622. The van der Waals surface area contributed by atoms with Gasteiger partial charge in [0.05, 0.1) is 5.69 Å². The summed E-state index contributed by atoms with van der Waals surface area (Å²) in [6, 6.07) is 25.9. The van der Waals surface area contributed by atoms with Crippen LogP contribution in [0.25, 0.3) is 5.69 Å². The zero-order valence-electron chi connectivity index (χ0n) is 17.2. The zero-order chi connectivity index (χ0) is 20.9. The molecule has 0 aliphatic carbocycles.